The minimum absolute atomic E-state index is 0.389. The molecule has 6 nitrogen and oxygen atoms in total. The van der Waals surface area contributed by atoms with E-state index in [2.05, 4.69) is 20.9 Å². The molecule has 0 radical (unpaired) electrons. The van der Waals surface area contributed by atoms with E-state index in [0.29, 0.717) is 11.6 Å². The van der Waals surface area contributed by atoms with Crippen LogP contribution in [-0.4, -0.2) is 39.2 Å². The first-order valence-electron chi connectivity index (χ1n) is 7.87. The average molecular weight is 420 g/mol. The van der Waals surface area contributed by atoms with Crippen molar-refractivity contribution in [3.8, 4) is 11.5 Å². The van der Waals surface area contributed by atoms with Gasteiger partial charge in [0.25, 0.3) is 0 Å². The maximum absolute atomic E-state index is 12.2. The number of benzene rings is 2. The van der Waals surface area contributed by atoms with Gasteiger partial charge in [-0.15, -0.1) is 0 Å². The van der Waals surface area contributed by atoms with Crippen LogP contribution >= 0.6 is 15.9 Å². The van der Waals surface area contributed by atoms with Crippen molar-refractivity contribution in [2.75, 3.05) is 21.3 Å². The molecule has 1 aliphatic rings. The molecule has 0 N–H and O–H groups in total. The van der Waals surface area contributed by atoms with Gasteiger partial charge >= 0.3 is 5.97 Å². The molecule has 0 fully saturated rings. The predicted molar refractivity (Wildman–Crippen MR) is 99.9 cm³/mol. The van der Waals surface area contributed by atoms with Crippen molar-refractivity contribution in [1.82, 2.24) is 0 Å². The predicted octanol–water partition coefficient (Wildman–Crippen LogP) is 3.53. The molecule has 2 atom stereocenters. The van der Waals surface area contributed by atoms with Crippen molar-refractivity contribution in [1.29, 1.82) is 0 Å². The number of methoxy groups -OCH3 is 3. The molecule has 0 aliphatic carbocycles. The van der Waals surface area contributed by atoms with Gasteiger partial charge in [0.1, 0.15) is 11.5 Å². The van der Waals surface area contributed by atoms with Crippen LogP contribution in [0.15, 0.2) is 51.9 Å². The number of esters is 1. The largest absolute Gasteiger partial charge is 0.497 e. The minimum atomic E-state index is -0.780. The van der Waals surface area contributed by atoms with E-state index in [1.54, 1.807) is 14.2 Å². The first-order valence-corrected chi connectivity index (χ1v) is 8.66. The summed E-state index contributed by atoms with van der Waals surface area (Å²) in [6, 6.07) is 12.0. The lowest BCUT2D eigenvalue weighted by molar-refractivity contribution is -0.143. The van der Waals surface area contributed by atoms with E-state index in [1.807, 2.05) is 42.5 Å². The number of aliphatic imine (C=N–C) groups is 1. The Bertz CT molecular complexity index is 834. The fourth-order valence-electron chi connectivity index (χ4n) is 2.69. The van der Waals surface area contributed by atoms with Crippen molar-refractivity contribution >= 4 is 27.8 Å². The highest BCUT2D eigenvalue weighted by atomic mass is 79.9. The van der Waals surface area contributed by atoms with E-state index in [-0.39, 0.29) is 0 Å². The van der Waals surface area contributed by atoms with Gasteiger partial charge < -0.3 is 18.9 Å². The molecular formula is C19H18BrNO5. The summed E-state index contributed by atoms with van der Waals surface area (Å²) in [5.41, 5.74) is 1.55. The number of ether oxygens (including phenoxy) is 4. The van der Waals surface area contributed by atoms with Gasteiger partial charge in [-0.05, 0) is 57.9 Å². The molecule has 0 saturated heterocycles. The van der Waals surface area contributed by atoms with E-state index in [4.69, 9.17) is 18.9 Å². The monoisotopic (exact) mass is 419 g/mol. The molecule has 3 rings (SSSR count). The molecule has 0 aromatic heterocycles. The molecule has 1 heterocycles. The second kappa shape index (κ2) is 7.78. The topological polar surface area (TPSA) is 66.4 Å². The van der Waals surface area contributed by atoms with Crippen molar-refractivity contribution in [2.24, 2.45) is 4.99 Å². The Hall–Kier alpha value is -2.54. The van der Waals surface area contributed by atoms with Crippen LogP contribution in [0.25, 0.3) is 0 Å². The molecule has 136 valence electrons. The fourth-order valence-corrected chi connectivity index (χ4v) is 3.25. The number of hydrogen-bond donors (Lipinski definition) is 0. The average Bonchev–Trinajstić information content (AvgIpc) is 3.12. The van der Waals surface area contributed by atoms with Gasteiger partial charge in [-0.1, -0.05) is 6.07 Å². The summed E-state index contributed by atoms with van der Waals surface area (Å²) in [5, 5.41) is 0. The highest BCUT2D eigenvalue weighted by Crippen LogP contribution is 2.36. The molecule has 0 unspecified atom stereocenters. The molecule has 0 bridgehead atoms. The van der Waals surface area contributed by atoms with Crippen molar-refractivity contribution < 1.29 is 23.7 Å². The number of carbonyl (C=O) groups excluding carboxylic acids is 1. The third-order valence-corrected chi connectivity index (χ3v) is 4.69. The Morgan fingerprint density at radius 1 is 1.08 bits per heavy atom. The van der Waals surface area contributed by atoms with E-state index in [0.717, 1.165) is 21.3 Å². The van der Waals surface area contributed by atoms with Crippen LogP contribution in [0.4, 0.5) is 0 Å². The number of carbonyl (C=O) groups is 1. The highest BCUT2D eigenvalue weighted by Gasteiger charge is 2.39. The lowest BCUT2D eigenvalue weighted by Crippen LogP contribution is -2.25. The lowest BCUT2D eigenvalue weighted by Gasteiger charge is -2.17. The van der Waals surface area contributed by atoms with Gasteiger partial charge in [-0.2, -0.15) is 0 Å². The van der Waals surface area contributed by atoms with Crippen LogP contribution in [0.1, 0.15) is 17.2 Å². The maximum atomic E-state index is 12.2. The summed E-state index contributed by atoms with van der Waals surface area (Å²) in [5.74, 6) is 1.36. The Morgan fingerprint density at radius 3 is 2.38 bits per heavy atom. The third-order valence-electron chi connectivity index (χ3n) is 4.07. The molecule has 26 heavy (non-hydrogen) atoms. The number of hydrogen-bond acceptors (Lipinski definition) is 6. The highest BCUT2D eigenvalue weighted by molar-refractivity contribution is 9.10. The molecule has 2 aromatic rings. The Labute approximate surface area is 159 Å². The molecule has 2 aromatic carbocycles. The Balaban J connectivity index is 1.93. The number of rotatable bonds is 5. The van der Waals surface area contributed by atoms with Crippen molar-refractivity contribution in [3.05, 3.63) is 58.1 Å². The summed E-state index contributed by atoms with van der Waals surface area (Å²) in [6.07, 6.45) is -0.582. The quantitative estimate of drug-likeness (QED) is 0.693. The van der Waals surface area contributed by atoms with Crippen LogP contribution in [0.3, 0.4) is 0 Å². The zero-order valence-electron chi connectivity index (χ0n) is 14.6. The zero-order chi connectivity index (χ0) is 18.7. The van der Waals surface area contributed by atoms with E-state index < -0.39 is 18.1 Å². The van der Waals surface area contributed by atoms with Gasteiger partial charge in [0.05, 0.1) is 25.8 Å². The number of nitrogens with zero attached hydrogens (tertiary/aromatic N) is 1. The summed E-state index contributed by atoms with van der Waals surface area (Å²) in [4.78, 5) is 16.7. The van der Waals surface area contributed by atoms with E-state index in [1.165, 1.54) is 7.11 Å². The Kier molecular flexibility index (Phi) is 5.46. The first-order chi connectivity index (χ1) is 12.6. The number of halogens is 1. The molecule has 0 amide bonds. The van der Waals surface area contributed by atoms with E-state index >= 15 is 0 Å². The summed E-state index contributed by atoms with van der Waals surface area (Å²) >= 11 is 3.46. The van der Waals surface area contributed by atoms with E-state index in [9.17, 15) is 4.79 Å². The summed E-state index contributed by atoms with van der Waals surface area (Å²) in [7, 11) is 4.53. The Morgan fingerprint density at radius 2 is 1.81 bits per heavy atom. The van der Waals surface area contributed by atoms with Crippen LogP contribution in [0, 0.1) is 0 Å². The molecule has 1 aliphatic heterocycles. The van der Waals surface area contributed by atoms with Gasteiger partial charge in [0.15, 0.2) is 12.1 Å². The van der Waals surface area contributed by atoms with Crippen LogP contribution < -0.4 is 9.47 Å². The summed E-state index contributed by atoms with van der Waals surface area (Å²) in [6.45, 7) is 0. The van der Waals surface area contributed by atoms with Gasteiger partial charge in [0, 0.05) is 5.56 Å². The van der Waals surface area contributed by atoms with Crippen LogP contribution in [0.5, 0.6) is 11.5 Å². The van der Waals surface area contributed by atoms with Crippen LogP contribution in [0.2, 0.25) is 0 Å². The molecule has 7 heteroatoms. The molecule has 0 spiro atoms. The molecular weight excluding hydrogens is 402 g/mol. The zero-order valence-corrected chi connectivity index (χ0v) is 16.1. The first kappa shape index (κ1) is 18.3. The van der Waals surface area contributed by atoms with Crippen molar-refractivity contribution in [3.63, 3.8) is 0 Å². The maximum Gasteiger partial charge on any atom is 0.335 e. The molecule has 0 saturated carbocycles. The lowest BCUT2D eigenvalue weighted by atomic mass is 10.0. The second-order valence-corrected chi connectivity index (χ2v) is 6.42. The SMILES string of the molecule is COC(=O)[C@H]1N=C(c2ccc(OC)cc2)O[C@H]1c1ccc(OC)c(Br)c1. The standard InChI is InChI=1S/C19H18BrNO5/c1-23-13-7-4-11(5-8-13)18-21-16(19(22)25-3)17(26-18)12-6-9-15(24-2)14(20)10-12/h4-10,16-17H,1-3H3/t16-,17-/m0/s1. The van der Waals surface area contributed by atoms with Crippen molar-refractivity contribution in [2.45, 2.75) is 12.1 Å². The second-order valence-electron chi connectivity index (χ2n) is 5.56. The minimum Gasteiger partial charge on any atom is -0.497 e. The van der Waals surface area contributed by atoms with Gasteiger partial charge in [-0.3, -0.25) is 0 Å². The fraction of sp³-hybridized carbons (Fsp3) is 0.263. The van der Waals surface area contributed by atoms with Gasteiger partial charge in [0.2, 0.25) is 5.90 Å². The normalized spacial score (nSPS) is 18.7. The van der Waals surface area contributed by atoms with Gasteiger partial charge in [-0.25, -0.2) is 9.79 Å². The summed E-state index contributed by atoms with van der Waals surface area (Å²) < 4.78 is 22.1. The smallest absolute Gasteiger partial charge is 0.335 e. The van der Waals surface area contributed by atoms with Crippen LogP contribution in [-0.2, 0) is 14.3 Å². The third kappa shape index (κ3) is 3.53.